The van der Waals surface area contributed by atoms with Gasteiger partial charge in [-0.1, -0.05) is 50.1 Å². The minimum absolute atomic E-state index is 0.332. The highest BCUT2D eigenvalue weighted by molar-refractivity contribution is 5.75. The molecule has 2 aliphatic rings. The number of nitrogens with one attached hydrogen (secondary N) is 1. The lowest BCUT2D eigenvalue weighted by atomic mass is 9.76. The molecular weight excluding hydrogens is 378 g/mol. The van der Waals surface area contributed by atoms with E-state index in [2.05, 4.69) is 56.1 Å². The van der Waals surface area contributed by atoms with Crippen LogP contribution in [-0.2, 0) is 4.79 Å². The first kappa shape index (κ1) is 23.8. The molecule has 1 aromatic carbocycles. The predicted molar refractivity (Wildman–Crippen MR) is 134 cm³/mol. The summed E-state index contributed by atoms with van der Waals surface area (Å²) in [7, 11) is 0. The highest BCUT2D eigenvalue weighted by Gasteiger charge is 2.22. The summed E-state index contributed by atoms with van der Waals surface area (Å²) < 4.78 is 0. The summed E-state index contributed by atoms with van der Waals surface area (Å²) in [5, 5.41) is 5.87. The van der Waals surface area contributed by atoms with E-state index in [9.17, 15) is 4.79 Å². The standard InChI is InChI=1S/C29H43NO/c1-21(5-8-24(4)31)6-9-25-12-15-27(16-13-25)22(2)7-14-28-17-18-29(19-23(28)3)30-20-26-10-11-26/h7,14,17-19,21,25-27,30H,3,5-6,8-13,15-16,20H2,1-2,4H3. The van der Waals surface area contributed by atoms with Crippen LogP contribution in [0.4, 0.5) is 5.69 Å². The zero-order valence-electron chi connectivity index (χ0n) is 20.1. The second-order valence-electron chi connectivity index (χ2n) is 10.5. The number of Topliss-reactive ketones (excluding diaryl/α,β-unsaturated/α-hetero) is 1. The Morgan fingerprint density at radius 3 is 2.45 bits per heavy atom. The van der Waals surface area contributed by atoms with Crippen molar-refractivity contribution < 1.29 is 4.79 Å². The van der Waals surface area contributed by atoms with Crippen LogP contribution in [0.25, 0.3) is 12.7 Å². The Labute approximate surface area is 189 Å². The van der Waals surface area contributed by atoms with E-state index in [1.54, 1.807) is 6.92 Å². The molecule has 0 spiro atoms. The van der Waals surface area contributed by atoms with E-state index in [1.165, 1.54) is 67.8 Å². The van der Waals surface area contributed by atoms with Crippen LogP contribution in [-0.4, -0.2) is 12.3 Å². The third kappa shape index (κ3) is 8.31. The van der Waals surface area contributed by atoms with Gasteiger partial charge in [-0.2, -0.15) is 0 Å². The van der Waals surface area contributed by atoms with Gasteiger partial charge in [-0.05, 0) is 105 Å². The van der Waals surface area contributed by atoms with Crippen LogP contribution in [0.5, 0.6) is 0 Å². The molecule has 0 heterocycles. The zero-order chi connectivity index (χ0) is 22.2. The number of hydrogen-bond donors (Lipinski definition) is 1. The first-order chi connectivity index (χ1) is 14.9. The SMILES string of the molecule is C=c1cc(NCC2CC2)ccc1=CC=C(C)C1CCC(CCC(C)CCC(C)=O)CC1. The third-order valence-electron chi connectivity index (χ3n) is 7.51. The van der Waals surface area contributed by atoms with Crippen molar-refractivity contribution in [1.29, 1.82) is 0 Å². The van der Waals surface area contributed by atoms with Crippen molar-refractivity contribution in [3.8, 4) is 0 Å². The minimum atomic E-state index is 0.332. The van der Waals surface area contributed by atoms with E-state index in [0.717, 1.165) is 42.4 Å². The number of hydrogen-bond acceptors (Lipinski definition) is 2. The van der Waals surface area contributed by atoms with Crippen LogP contribution in [0.3, 0.4) is 0 Å². The summed E-state index contributed by atoms with van der Waals surface area (Å²) in [4.78, 5) is 11.2. The van der Waals surface area contributed by atoms with Crippen LogP contribution in [0.15, 0.2) is 29.8 Å². The Hall–Kier alpha value is -1.83. The smallest absolute Gasteiger partial charge is 0.129 e. The second-order valence-corrected chi connectivity index (χ2v) is 10.5. The number of allylic oxidation sites excluding steroid dienone is 2. The predicted octanol–water partition coefficient (Wildman–Crippen LogP) is 6.24. The second kappa shape index (κ2) is 11.7. The summed E-state index contributed by atoms with van der Waals surface area (Å²) >= 11 is 0. The monoisotopic (exact) mass is 421 g/mol. The molecule has 2 heteroatoms. The molecule has 2 saturated carbocycles. The maximum Gasteiger partial charge on any atom is 0.129 e. The van der Waals surface area contributed by atoms with Gasteiger partial charge in [0.2, 0.25) is 0 Å². The molecular formula is C29H43NO. The fraction of sp³-hybridized carbons (Fsp3) is 0.621. The molecule has 2 nitrogen and oxygen atoms in total. The lowest BCUT2D eigenvalue weighted by Crippen LogP contribution is -2.23. The number of anilines is 1. The molecule has 2 aliphatic carbocycles. The molecule has 1 unspecified atom stereocenters. The van der Waals surface area contributed by atoms with E-state index in [4.69, 9.17) is 0 Å². The van der Waals surface area contributed by atoms with Crippen molar-refractivity contribution in [3.63, 3.8) is 0 Å². The summed E-state index contributed by atoms with van der Waals surface area (Å²) in [5.41, 5.74) is 2.72. The van der Waals surface area contributed by atoms with Gasteiger partial charge in [0.15, 0.2) is 0 Å². The Bertz CT molecular complexity index is 855. The minimum Gasteiger partial charge on any atom is -0.385 e. The molecule has 0 amide bonds. The van der Waals surface area contributed by atoms with Gasteiger partial charge in [0.05, 0.1) is 0 Å². The molecule has 1 atom stereocenters. The molecule has 1 N–H and O–H groups in total. The van der Waals surface area contributed by atoms with E-state index in [1.807, 2.05) is 0 Å². The van der Waals surface area contributed by atoms with Crippen molar-refractivity contribution in [2.45, 2.75) is 85.0 Å². The molecule has 1 aromatic rings. The van der Waals surface area contributed by atoms with Gasteiger partial charge in [-0.3, -0.25) is 0 Å². The Kier molecular flexibility index (Phi) is 8.99. The average Bonchev–Trinajstić information content (AvgIpc) is 3.59. The largest absolute Gasteiger partial charge is 0.385 e. The van der Waals surface area contributed by atoms with Gasteiger partial charge in [-0.25, -0.2) is 0 Å². The van der Waals surface area contributed by atoms with Gasteiger partial charge in [-0.15, -0.1) is 0 Å². The van der Waals surface area contributed by atoms with E-state index < -0.39 is 0 Å². The normalized spacial score (nSPS) is 23.6. The van der Waals surface area contributed by atoms with Gasteiger partial charge in [0, 0.05) is 18.7 Å². The number of ketones is 1. The summed E-state index contributed by atoms with van der Waals surface area (Å²) in [5.74, 6) is 3.52. The lowest BCUT2D eigenvalue weighted by molar-refractivity contribution is -0.117. The number of carbonyl (C=O) groups is 1. The molecule has 31 heavy (non-hydrogen) atoms. The maximum absolute atomic E-state index is 11.2. The Balaban J connectivity index is 1.44. The molecule has 0 aliphatic heterocycles. The molecule has 0 radical (unpaired) electrons. The summed E-state index contributed by atoms with van der Waals surface area (Å²) in [6.07, 6.45) is 17.1. The number of carbonyl (C=O) groups excluding carboxylic acids is 1. The lowest BCUT2D eigenvalue weighted by Gasteiger charge is -2.29. The number of benzene rings is 1. The Morgan fingerprint density at radius 1 is 1.10 bits per heavy atom. The molecule has 0 saturated heterocycles. The first-order valence-corrected chi connectivity index (χ1v) is 12.6. The molecule has 3 rings (SSSR count). The maximum atomic E-state index is 11.2. The van der Waals surface area contributed by atoms with E-state index in [0.29, 0.717) is 11.7 Å². The molecule has 0 aromatic heterocycles. The van der Waals surface area contributed by atoms with Gasteiger partial charge in [0.25, 0.3) is 0 Å². The van der Waals surface area contributed by atoms with Crippen molar-refractivity contribution >= 4 is 24.1 Å². The van der Waals surface area contributed by atoms with Crippen molar-refractivity contribution in [2.75, 3.05) is 11.9 Å². The van der Waals surface area contributed by atoms with Gasteiger partial charge in [0.1, 0.15) is 5.78 Å². The summed E-state index contributed by atoms with van der Waals surface area (Å²) in [6.45, 7) is 11.7. The highest BCUT2D eigenvalue weighted by Crippen LogP contribution is 2.36. The third-order valence-corrected chi connectivity index (χ3v) is 7.51. The quantitative estimate of drug-likeness (QED) is 0.458. The van der Waals surface area contributed by atoms with Crippen LogP contribution >= 0.6 is 0 Å². The van der Waals surface area contributed by atoms with Crippen molar-refractivity contribution in [1.82, 2.24) is 0 Å². The van der Waals surface area contributed by atoms with Crippen LogP contribution in [0, 0.1) is 23.7 Å². The van der Waals surface area contributed by atoms with Crippen molar-refractivity contribution in [2.24, 2.45) is 23.7 Å². The van der Waals surface area contributed by atoms with E-state index in [-0.39, 0.29) is 0 Å². The fourth-order valence-electron chi connectivity index (χ4n) is 4.84. The summed E-state index contributed by atoms with van der Waals surface area (Å²) in [6, 6.07) is 6.57. The molecule has 0 bridgehead atoms. The average molecular weight is 422 g/mol. The number of rotatable bonds is 11. The van der Waals surface area contributed by atoms with Crippen LogP contribution in [0.1, 0.15) is 85.0 Å². The van der Waals surface area contributed by atoms with Crippen molar-refractivity contribution in [3.05, 3.63) is 40.3 Å². The van der Waals surface area contributed by atoms with E-state index >= 15 is 0 Å². The van der Waals surface area contributed by atoms with Gasteiger partial charge < -0.3 is 10.1 Å². The molecule has 2 fully saturated rings. The zero-order valence-corrected chi connectivity index (χ0v) is 20.1. The fourth-order valence-corrected chi connectivity index (χ4v) is 4.84. The topological polar surface area (TPSA) is 29.1 Å². The van der Waals surface area contributed by atoms with Crippen LogP contribution in [0.2, 0.25) is 0 Å². The Morgan fingerprint density at radius 2 is 1.81 bits per heavy atom. The van der Waals surface area contributed by atoms with Crippen LogP contribution < -0.4 is 15.8 Å². The highest BCUT2D eigenvalue weighted by atomic mass is 16.1. The molecule has 170 valence electrons. The van der Waals surface area contributed by atoms with Gasteiger partial charge >= 0.3 is 0 Å². The first-order valence-electron chi connectivity index (χ1n) is 12.6.